The van der Waals surface area contributed by atoms with Crippen molar-refractivity contribution in [2.45, 2.75) is 4.90 Å². The molecule has 0 aliphatic carbocycles. The van der Waals surface area contributed by atoms with E-state index in [9.17, 15) is 0 Å². The third-order valence-electron chi connectivity index (χ3n) is 1.26. The van der Waals surface area contributed by atoms with Gasteiger partial charge < -0.3 is 0 Å². The van der Waals surface area contributed by atoms with Crippen LogP contribution in [0.2, 0.25) is 0 Å². The summed E-state index contributed by atoms with van der Waals surface area (Å²) in [6, 6.07) is 7.43. The van der Waals surface area contributed by atoms with E-state index in [1.165, 1.54) is 0 Å². The van der Waals surface area contributed by atoms with Crippen molar-refractivity contribution >= 4 is 18.0 Å². The average molecular weight is 139 g/mol. The van der Waals surface area contributed by atoms with Gasteiger partial charge in [-0.15, -0.1) is 11.8 Å². The highest BCUT2D eigenvalue weighted by Crippen LogP contribution is 2.27. The van der Waals surface area contributed by atoms with Crippen molar-refractivity contribution in [2.24, 2.45) is 4.40 Å². The molecule has 0 atom stereocenters. The van der Waals surface area contributed by atoms with Gasteiger partial charge in [-0.05, 0) is 6.07 Å². The zero-order valence-electron chi connectivity index (χ0n) is 6.74. The number of hydrogen-bond acceptors (Lipinski definition) is 1. The molecule has 0 unspecified atom stereocenters. The largest absolute Gasteiger partial charge is 0.246 e. The molecule has 0 saturated heterocycles. The van der Waals surface area contributed by atoms with Crippen LogP contribution in [-0.4, -0.2) is 8.46 Å². The number of fused-ring (bicyclic) bond motifs is 1. The summed E-state index contributed by atoms with van der Waals surface area (Å²) in [5.74, 6) is 0. The van der Waals surface area contributed by atoms with Crippen molar-refractivity contribution < 1.29 is 0 Å². The van der Waals surface area contributed by atoms with Crippen LogP contribution in [0, 0.1) is 0 Å². The number of benzene rings is 1. The first-order valence-corrected chi connectivity index (χ1v) is 3.53. The van der Waals surface area contributed by atoms with Crippen LogP contribution in [0.5, 0.6) is 0 Å². The Balaban J connectivity index is 2.64. The second-order valence-corrected chi connectivity index (χ2v) is 2.70. The third-order valence-corrected chi connectivity index (χ3v) is 2.04. The topological polar surface area (TPSA) is 12.4 Å². The van der Waals surface area contributed by atoms with E-state index in [0.29, 0.717) is 0 Å². The number of nitrogens with zero attached hydrogens (tertiary/aromatic N) is 1. The lowest BCUT2D eigenvalue weighted by atomic mass is 10.2. The molecule has 0 fully saturated rings. The Kier molecular flexibility index (Phi) is 0.715. The zero-order valence-corrected chi connectivity index (χ0v) is 5.56. The first kappa shape index (κ1) is 3.42. The summed E-state index contributed by atoms with van der Waals surface area (Å²) in [4.78, 5) is 0.750. The van der Waals surface area contributed by atoms with Crippen LogP contribution in [0.4, 0.5) is 0 Å². The molecule has 2 heteroatoms. The summed E-state index contributed by atoms with van der Waals surface area (Å²) in [6.07, 6.45) is 1.62. The Bertz CT molecular complexity index is 322. The predicted molar refractivity (Wildman–Crippen MR) is 42.7 cm³/mol. The Morgan fingerprint density at radius 3 is 3.22 bits per heavy atom. The van der Waals surface area contributed by atoms with Gasteiger partial charge in [0.1, 0.15) is 2.25 Å². The second kappa shape index (κ2) is 1.88. The number of hydrogen-bond donors (Lipinski definition) is 0. The van der Waals surface area contributed by atoms with E-state index in [0.717, 1.165) is 10.5 Å². The summed E-state index contributed by atoms with van der Waals surface area (Å²) < 4.78 is 18.9. The Morgan fingerprint density at radius 1 is 1.44 bits per heavy atom. The monoisotopic (exact) mass is 139 g/mol. The van der Waals surface area contributed by atoms with Crippen LogP contribution < -0.4 is 0 Å². The summed E-state index contributed by atoms with van der Waals surface area (Å²) >= 11 is -2.34. The molecule has 0 radical (unpaired) electrons. The molecule has 1 heterocycles. The summed E-state index contributed by atoms with van der Waals surface area (Å²) in [5.41, 5.74) is 0.924. The van der Waals surface area contributed by atoms with Crippen molar-refractivity contribution in [3.63, 3.8) is 0 Å². The molecular weight excluding hydrogens is 130 g/mol. The van der Waals surface area contributed by atoms with Crippen molar-refractivity contribution in [1.82, 2.24) is 0 Å². The quantitative estimate of drug-likeness (QED) is 0.517. The van der Waals surface area contributed by atoms with Gasteiger partial charge in [-0.25, -0.2) is 4.40 Å². The minimum absolute atomic E-state index is 0.750. The van der Waals surface area contributed by atoms with Gasteiger partial charge in [0.15, 0.2) is 0 Å². The molecule has 0 saturated carbocycles. The SMILES string of the molecule is [2H]S1([2H])N=Cc2ccccc21. The molecule has 0 amide bonds. The Hall–Kier alpha value is -0.760. The summed E-state index contributed by atoms with van der Waals surface area (Å²) in [5, 5.41) is 0. The van der Waals surface area contributed by atoms with Crippen LogP contribution in [0.1, 0.15) is 5.56 Å². The highest BCUT2D eigenvalue weighted by molar-refractivity contribution is 7.98. The van der Waals surface area contributed by atoms with Gasteiger partial charge in [-0.1, -0.05) is 18.2 Å². The molecular formula is C7H7NS. The molecule has 1 nitrogen and oxygen atoms in total. The van der Waals surface area contributed by atoms with Gasteiger partial charge in [0.05, 0.1) is 0 Å². The van der Waals surface area contributed by atoms with Crippen LogP contribution >= 0.6 is 11.8 Å². The lowest BCUT2D eigenvalue weighted by Gasteiger charge is -1.92. The maximum absolute atomic E-state index is 7.52. The van der Waals surface area contributed by atoms with Crippen molar-refractivity contribution in [1.29, 1.82) is 2.25 Å². The van der Waals surface area contributed by atoms with Crippen molar-refractivity contribution in [2.75, 3.05) is 0 Å². The predicted octanol–water partition coefficient (Wildman–Crippen LogP) is 1.59. The molecule has 1 aromatic carbocycles. The van der Waals surface area contributed by atoms with E-state index in [-0.39, 0.29) is 0 Å². The van der Waals surface area contributed by atoms with Gasteiger partial charge in [0.2, 0.25) is 0 Å². The van der Waals surface area contributed by atoms with Crippen molar-refractivity contribution in [3.05, 3.63) is 29.8 Å². The molecule has 0 bridgehead atoms. The smallest absolute Gasteiger partial charge is 0.107 e. The molecule has 9 heavy (non-hydrogen) atoms. The average Bonchev–Trinajstić information content (AvgIpc) is 2.29. The van der Waals surface area contributed by atoms with Gasteiger partial charge >= 0.3 is 0 Å². The molecule has 46 valence electrons. The van der Waals surface area contributed by atoms with E-state index in [4.69, 9.17) is 2.25 Å². The van der Waals surface area contributed by atoms with Crippen LogP contribution in [0.25, 0.3) is 0 Å². The van der Waals surface area contributed by atoms with E-state index in [1.54, 1.807) is 12.3 Å². The molecule has 0 aromatic heterocycles. The van der Waals surface area contributed by atoms with Gasteiger partial charge in [-0.2, -0.15) is 0 Å². The van der Waals surface area contributed by atoms with Gasteiger partial charge in [0.25, 0.3) is 0 Å². The fourth-order valence-electron chi connectivity index (χ4n) is 0.810. The third kappa shape index (κ3) is 0.754. The highest BCUT2D eigenvalue weighted by atomic mass is 32.2. The Labute approximate surface area is 60.1 Å². The Morgan fingerprint density at radius 2 is 2.33 bits per heavy atom. The van der Waals surface area contributed by atoms with E-state index in [1.807, 2.05) is 18.2 Å². The normalized spacial score (nSPS) is 26.2. The maximum Gasteiger partial charge on any atom is 0.107 e. The first-order valence-electron chi connectivity index (χ1n) is 3.58. The van der Waals surface area contributed by atoms with Crippen LogP contribution in [0.15, 0.2) is 33.6 Å². The highest BCUT2D eigenvalue weighted by Gasteiger charge is 2.00. The fourth-order valence-corrected chi connectivity index (χ4v) is 1.46. The summed E-state index contributed by atoms with van der Waals surface area (Å²) in [7, 11) is 0. The molecule has 0 spiro atoms. The first-order chi connectivity index (χ1) is 5.20. The fraction of sp³-hybridized carbons (Fsp3) is 0. The van der Waals surface area contributed by atoms with E-state index in [2.05, 4.69) is 4.40 Å². The molecule has 1 aliphatic rings. The minimum Gasteiger partial charge on any atom is -0.246 e. The maximum atomic E-state index is 7.52. The van der Waals surface area contributed by atoms with E-state index < -0.39 is 11.8 Å². The van der Waals surface area contributed by atoms with Crippen LogP contribution in [0.3, 0.4) is 0 Å². The zero-order chi connectivity index (χ0) is 7.90. The minimum atomic E-state index is -2.34. The second-order valence-electron chi connectivity index (χ2n) is 1.86. The standard InChI is InChI=1S/C7H7NS/c1-2-4-7-6(3-1)5-8-9-7/h1-5H,9H2/i9D2. The lowest BCUT2D eigenvalue weighted by Crippen LogP contribution is -1.74. The van der Waals surface area contributed by atoms with Gasteiger partial charge in [0, 0.05) is 16.7 Å². The van der Waals surface area contributed by atoms with Crippen LogP contribution in [-0.2, 0) is 0 Å². The number of rotatable bonds is 0. The molecule has 1 aromatic rings. The lowest BCUT2D eigenvalue weighted by molar-refractivity contribution is 1.46. The molecule has 0 N–H and O–H groups in total. The molecule has 2 rings (SSSR count). The molecule has 1 aliphatic heterocycles. The summed E-state index contributed by atoms with van der Waals surface area (Å²) in [6.45, 7) is 0. The van der Waals surface area contributed by atoms with Crippen molar-refractivity contribution in [3.8, 4) is 0 Å². The van der Waals surface area contributed by atoms with Gasteiger partial charge in [-0.3, -0.25) is 0 Å². The van der Waals surface area contributed by atoms with E-state index >= 15 is 0 Å².